The third-order valence-electron chi connectivity index (χ3n) is 4.55. The maximum atomic E-state index is 13.0. The smallest absolute Gasteiger partial charge is 0.242 e. The lowest BCUT2D eigenvalue weighted by Gasteiger charge is -2.30. The molecule has 2 rings (SSSR count). The van der Waals surface area contributed by atoms with Gasteiger partial charge in [0, 0.05) is 24.4 Å². The number of hydrogen-bond acceptors (Lipinski definition) is 4. The molecule has 156 valence electrons. The topological polar surface area (TPSA) is 58.6 Å². The van der Waals surface area contributed by atoms with Gasteiger partial charge in [0.2, 0.25) is 11.8 Å². The van der Waals surface area contributed by atoms with Gasteiger partial charge in [-0.3, -0.25) is 9.59 Å². The van der Waals surface area contributed by atoms with E-state index in [4.69, 9.17) is 16.3 Å². The van der Waals surface area contributed by atoms with E-state index in [2.05, 4.69) is 5.32 Å². The van der Waals surface area contributed by atoms with Crippen LogP contribution in [-0.2, 0) is 21.9 Å². The number of nitrogens with zero attached hydrogens (tertiary/aromatic N) is 1. The molecule has 0 saturated heterocycles. The highest BCUT2D eigenvalue weighted by atomic mass is 35.5. The standard InChI is InChI=1S/C22H27ClN2O3S/c1-4-20(22(27)24-2)25(13-16-7-11-19(28-3)12-8-16)21(26)15-29-14-17-5-9-18(23)10-6-17/h5-12,20H,4,13-15H2,1-3H3,(H,24,27)/t20-/m0/s1. The molecule has 1 atom stereocenters. The molecule has 7 heteroatoms. The van der Waals surface area contributed by atoms with Crippen molar-refractivity contribution in [2.45, 2.75) is 31.7 Å². The van der Waals surface area contributed by atoms with Gasteiger partial charge in [0.1, 0.15) is 11.8 Å². The molecule has 0 unspecified atom stereocenters. The maximum absolute atomic E-state index is 13.0. The number of carbonyl (C=O) groups is 2. The predicted octanol–water partition coefficient (Wildman–Crippen LogP) is 4.14. The van der Waals surface area contributed by atoms with E-state index in [1.807, 2.05) is 55.5 Å². The molecule has 2 amide bonds. The van der Waals surface area contributed by atoms with Gasteiger partial charge in [-0.2, -0.15) is 0 Å². The van der Waals surface area contributed by atoms with Crippen LogP contribution in [0.25, 0.3) is 0 Å². The first-order valence-electron chi connectivity index (χ1n) is 9.44. The molecule has 0 saturated carbocycles. The zero-order chi connectivity index (χ0) is 21.2. The summed E-state index contributed by atoms with van der Waals surface area (Å²) in [5.74, 6) is 1.54. The van der Waals surface area contributed by atoms with Gasteiger partial charge in [-0.05, 0) is 41.8 Å². The highest BCUT2D eigenvalue weighted by Crippen LogP contribution is 2.19. The fourth-order valence-electron chi connectivity index (χ4n) is 2.93. The fraction of sp³-hybridized carbons (Fsp3) is 0.364. The molecule has 2 aromatic carbocycles. The Morgan fingerprint density at radius 1 is 1.10 bits per heavy atom. The fourth-order valence-corrected chi connectivity index (χ4v) is 3.93. The largest absolute Gasteiger partial charge is 0.497 e. The van der Waals surface area contributed by atoms with Gasteiger partial charge in [0.15, 0.2) is 0 Å². The molecule has 1 N–H and O–H groups in total. The van der Waals surface area contributed by atoms with Crippen molar-refractivity contribution in [1.82, 2.24) is 10.2 Å². The van der Waals surface area contributed by atoms with Crippen molar-refractivity contribution >= 4 is 35.2 Å². The Kier molecular flexibility index (Phi) is 9.35. The Morgan fingerprint density at radius 3 is 2.28 bits per heavy atom. The Labute approximate surface area is 181 Å². The number of thioether (sulfide) groups is 1. The maximum Gasteiger partial charge on any atom is 0.242 e. The summed E-state index contributed by atoms with van der Waals surface area (Å²) in [6, 6.07) is 14.6. The number of carbonyl (C=O) groups excluding carboxylic acids is 2. The SMILES string of the molecule is CC[C@@H](C(=O)NC)N(Cc1ccc(OC)cc1)C(=O)CSCc1ccc(Cl)cc1. The van der Waals surface area contributed by atoms with E-state index in [0.29, 0.717) is 29.5 Å². The first-order valence-corrected chi connectivity index (χ1v) is 11.0. The number of methoxy groups -OCH3 is 1. The van der Waals surface area contributed by atoms with Crippen LogP contribution in [0.15, 0.2) is 48.5 Å². The quantitative estimate of drug-likeness (QED) is 0.610. The van der Waals surface area contributed by atoms with Crippen molar-refractivity contribution in [1.29, 1.82) is 0 Å². The van der Waals surface area contributed by atoms with Crippen molar-refractivity contribution in [3.8, 4) is 5.75 Å². The normalized spacial score (nSPS) is 11.6. The van der Waals surface area contributed by atoms with E-state index in [0.717, 1.165) is 16.9 Å². The number of amides is 2. The molecule has 0 bridgehead atoms. The summed E-state index contributed by atoms with van der Waals surface area (Å²) in [5, 5.41) is 3.36. The average Bonchev–Trinajstić information content (AvgIpc) is 2.75. The summed E-state index contributed by atoms with van der Waals surface area (Å²) in [6.07, 6.45) is 0.545. The van der Waals surface area contributed by atoms with Crippen molar-refractivity contribution in [2.24, 2.45) is 0 Å². The van der Waals surface area contributed by atoms with Crippen molar-refractivity contribution in [2.75, 3.05) is 19.9 Å². The second-order valence-corrected chi connectivity index (χ2v) is 7.95. The summed E-state index contributed by atoms with van der Waals surface area (Å²) in [6.45, 7) is 2.28. The van der Waals surface area contributed by atoms with E-state index >= 15 is 0 Å². The molecule has 2 aromatic rings. The van der Waals surface area contributed by atoms with Crippen LogP contribution in [0.5, 0.6) is 5.75 Å². The number of benzene rings is 2. The van der Waals surface area contributed by atoms with Gasteiger partial charge in [-0.25, -0.2) is 0 Å². The number of likely N-dealkylation sites (N-methyl/N-ethyl adjacent to an activating group) is 1. The highest BCUT2D eigenvalue weighted by molar-refractivity contribution is 7.99. The Balaban J connectivity index is 2.08. The number of halogens is 1. The molecule has 0 heterocycles. The minimum Gasteiger partial charge on any atom is -0.497 e. The average molecular weight is 435 g/mol. The number of nitrogens with one attached hydrogen (secondary N) is 1. The molecular weight excluding hydrogens is 408 g/mol. The molecule has 0 aliphatic heterocycles. The van der Waals surface area contributed by atoms with Gasteiger partial charge in [0.05, 0.1) is 12.9 Å². The summed E-state index contributed by atoms with van der Waals surface area (Å²) in [7, 11) is 3.21. The van der Waals surface area contributed by atoms with Crippen LogP contribution in [0.4, 0.5) is 0 Å². The van der Waals surface area contributed by atoms with Gasteiger partial charge in [-0.1, -0.05) is 42.8 Å². The van der Waals surface area contributed by atoms with E-state index in [1.165, 1.54) is 11.8 Å². The summed E-state index contributed by atoms with van der Waals surface area (Å²) < 4.78 is 5.19. The second kappa shape index (κ2) is 11.7. The molecule has 29 heavy (non-hydrogen) atoms. The Bertz CT molecular complexity index is 797. The third-order valence-corrected chi connectivity index (χ3v) is 5.79. The summed E-state index contributed by atoms with van der Waals surface area (Å²) in [5.41, 5.74) is 2.05. The zero-order valence-corrected chi connectivity index (χ0v) is 18.6. The summed E-state index contributed by atoms with van der Waals surface area (Å²) >= 11 is 7.44. The van der Waals surface area contributed by atoms with E-state index in [-0.39, 0.29) is 11.8 Å². The summed E-state index contributed by atoms with van der Waals surface area (Å²) in [4.78, 5) is 27.0. The highest BCUT2D eigenvalue weighted by Gasteiger charge is 2.27. The van der Waals surface area contributed by atoms with Crippen molar-refractivity contribution < 1.29 is 14.3 Å². The molecule has 0 radical (unpaired) electrons. The molecule has 0 aromatic heterocycles. The van der Waals surface area contributed by atoms with Crippen molar-refractivity contribution in [3.63, 3.8) is 0 Å². The monoisotopic (exact) mass is 434 g/mol. The molecule has 0 fully saturated rings. The van der Waals surface area contributed by atoms with Gasteiger partial charge >= 0.3 is 0 Å². The second-order valence-electron chi connectivity index (χ2n) is 6.53. The van der Waals surface area contributed by atoms with Crippen molar-refractivity contribution in [3.05, 3.63) is 64.7 Å². The molecule has 0 aliphatic carbocycles. The Morgan fingerprint density at radius 2 is 1.72 bits per heavy atom. The van der Waals surface area contributed by atoms with Crippen LogP contribution in [0.3, 0.4) is 0 Å². The van der Waals surface area contributed by atoms with E-state index < -0.39 is 6.04 Å². The molecule has 0 spiro atoms. The lowest BCUT2D eigenvalue weighted by molar-refractivity contribution is -0.139. The van der Waals surface area contributed by atoms with Crippen LogP contribution in [0.1, 0.15) is 24.5 Å². The van der Waals surface area contributed by atoms with Gasteiger partial charge in [0.25, 0.3) is 0 Å². The molecular formula is C22H27ClN2O3S. The first kappa shape index (κ1) is 23.1. The minimum atomic E-state index is -0.509. The van der Waals surface area contributed by atoms with E-state index in [1.54, 1.807) is 19.1 Å². The number of hydrogen-bond donors (Lipinski definition) is 1. The Hall–Kier alpha value is -2.18. The lowest BCUT2D eigenvalue weighted by atomic mass is 10.1. The zero-order valence-electron chi connectivity index (χ0n) is 17.0. The van der Waals surface area contributed by atoms with Crippen LogP contribution >= 0.6 is 23.4 Å². The number of ether oxygens (including phenoxy) is 1. The number of rotatable bonds is 10. The van der Waals surface area contributed by atoms with Crippen LogP contribution in [0, 0.1) is 0 Å². The lowest BCUT2D eigenvalue weighted by Crippen LogP contribution is -2.48. The minimum absolute atomic E-state index is 0.0600. The van der Waals surface area contributed by atoms with Gasteiger partial charge < -0.3 is 15.0 Å². The van der Waals surface area contributed by atoms with E-state index in [9.17, 15) is 9.59 Å². The van der Waals surface area contributed by atoms with Crippen LogP contribution < -0.4 is 10.1 Å². The molecule has 5 nitrogen and oxygen atoms in total. The first-order chi connectivity index (χ1) is 14.0. The van der Waals surface area contributed by atoms with Crippen LogP contribution in [-0.4, -0.2) is 42.7 Å². The molecule has 0 aliphatic rings. The van der Waals surface area contributed by atoms with Crippen LogP contribution in [0.2, 0.25) is 5.02 Å². The third kappa shape index (κ3) is 6.98. The van der Waals surface area contributed by atoms with Gasteiger partial charge in [-0.15, -0.1) is 11.8 Å². The predicted molar refractivity (Wildman–Crippen MR) is 119 cm³/mol.